The summed E-state index contributed by atoms with van der Waals surface area (Å²) in [5, 5.41) is -0.104. The monoisotopic (exact) mass is 384 g/mol. The molecule has 0 unspecified atom stereocenters. The van der Waals surface area contributed by atoms with Crippen LogP contribution in [0.25, 0.3) is 12.2 Å². The largest absolute Gasteiger partial charge is 0.497 e. The number of sulfone groups is 1. The molecular formula is C20H20N2O4S. The topological polar surface area (TPSA) is 72.6 Å². The minimum Gasteiger partial charge on any atom is -0.497 e. The third-order valence-electron chi connectivity index (χ3n) is 3.84. The van der Waals surface area contributed by atoms with Crippen LogP contribution in [-0.2, 0) is 9.84 Å². The van der Waals surface area contributed by atoms with Gasteiger partial charge in [-0.05, 0) is 35.9 Å². The summed E-state index contributed by atoms with van der Waals surface area (Å²) in [4.78, 5) is 5.98. The number of hydrogen-bond acceptors (Lipinski definition) is 6. The highest BCUT2D eigenvalue weighted by Crippen LogP contribution is 2.30. The summed E-state index contributed by atoms with van der Waals surface area (Å²) in [7, 11) is 1.24. The molecule has 1 heterocycles. The molecule has 0 amide bonds. The first-order valence-corrected chi connectivity index (χ1v) is 9.70. The van der Waals surface area contributed by atoms with Crippen molar-refractivity contribution in [1.29, 1.82) is 0 Å². The van der Waals surface area contributed by atoms with Crippen LogP contribution in [0.4, 0.5) is 5.88 Å². The lowest BCUT2D eigenvalue weighted by Crippen LogP contribution is -2.13. The van der Waals surface area contributed by atoms with Gasteiger partial charge in [0.05, 0.1) is 12.0 Å². The van der Waals surface area contributed by atoms with Crippen LogP contribution in [0, 0.1) is 0 Å². The van der Waals surface area contributed by atoms with Crippen molar-refractivity contribution in [2.24, 2.45) is 0 Å². The molecule has 1 aromatic heterocycles. The molecule has 0 fully saturated rings. The van der Waals surface area contributed by atoms with Gasteiger partial charge in [-0.1, -0.05) is 30.3 Å². The number of ether oxygens (including phenoxy) is 1. The van der Waals surface area contributed by atoms with E-state index in [4.69, 9.17) is 9.15 Å². The molecule has 0 aliphatic rings. The number of aromatic nitrogens is 1. The van der Waals surface area contributed by atoms with Crippen LogP contribution in [-0.4, -0.2) is 34.6 Å². The quantitative estimate of drug-likeness (QED) is 0.644. The Hall–Kier alpha value is -3.06. The van der Waals surface area contributed by atoms with Crippen LogP contribution in [0.5, 0.6) is 5.75 Å². The lowest BCUT2D eigenvalue weighted by atomic mass is 10.2. The average molecular weight is 384 g/mol. The van der Waals surface area contributed by atoms with Crippen molar-refractivity contribution in [3.8, 4) is 5.75 Å². The van der Waals surface area contributed by atoms with Gasteiger partial charge in [0.15, 0.2) is 0 Å². The van der Waals surface area contributed by atoms with Gasteiger partial charge in [0.1, 0.15) is 5.75 Å². The van der Waals surface area contributed by atoms with Crippen molar-refractivity contribution < 1.29 is 17.6 Å². The van der Waals surface area contributed by atoms with Gasteiger partial charge in [0, 0.05) is 20.2 Å². The van der Waals surface area contributed by atoms with Crippen LogP contribution in [0.15, 0.2) is 68.9 Å². The predicted octanol–water partition coefficient (Wildman–Crippen LogP) is 3.75. The Kier molecular flexibility index (Phi) is 5.32. The molecule has 0 aliphatic carbocycles. The predicted molar refractivity (Wildman–Crippen MR) is 105 cm³/mol. The molecule has 27 heavy (non-hydrogen) atoms. The van der Waals surface area contributed by atoms with Crippen molar-refractivity contribution >= 4 is 27.9 Å². The molecule has 140 valence electrons. The number of oxazole rings is 1. The van der Waals surface area contributed by atoms with Gasteiger partial charge < -0.3 is 14.1 Å². The fourth-order valence-corrected chi connectivity index (χ4v) is 3.84. The number of hydrogen-bond donors (Lipinski definition) is 0. The van der Waals surface area contributed by atoms with E-state index in [0.717, 1.165) is 11.3 Å². The minimum absolute atomic E-state index is 0.104. The Bertz CT molecular complexity index is 1040. The van der Waals surface area contributed by atoms with Gasteiger partial charge in [-0.2, -0.15) is 4.98 Å². The molecule has 6 nitrogen and oxygen atoms in total. The Morgan fingerprint density at radius 2 is 1.67 bits per heavy atom. The van der Waals surface area contributed by atoms with E-state index < -0.39 is 9.84 Å². The zero-order chi connectivity index (χ0) is 19.4. The number of rotatable bonds is 6. The summed E-state index contributed by atoms with van der Waals surface area (Å²) >= 11 is 0. The fourth-order valence-electron chi connectivity index (χ4n) is 2.44. The molecule has 0 saturated carbocycles. The van der Waals surface area contributed by atoms with Gasteiger partial charge >= 0.3 is 0 Å². The molecule has 0 spiro atoms. The SMILES string of the molecule is COc1ccc(C=Cc2nc(S(=O)(=O)c3ccccc3)c(N(C)C)o2)cc1. The van der Waals surface area contributed by atoms with E-state index in [2.05, 4.69) is 4.98 Å². The molecular weight excluding hydrogens is 364 g/mol. The minimum atomic E-state index is -3.78. The number of benzene rings is 2. The van der Waals surface area contributed by atoms with Crippen molar-refractivity contribution in [3.05, 3.63) is 66.1 Å². The number of anilines is 1. The van der Waals surface area contributed by atoms with Crippen LogP contribution in [0.3, 0.4) is 0 Å². The molecule has 0 N–H and O–H groups in total. The van der Waals surface area contributed by atoms with E-state index >= 15 is 0 Å². The van der Waals surface area contributed by atoms with E-state index in [0.29, 0.717) is 0 Å². The summed E-state index contributed by atoms with van der Waals surface area (Å²) in [6.45, 7) is 0. The zero-order valence-electron chi connectivity index (χ0n) is 15.3. The summed E-state index contributed by atoms with van der Waals surface area (Å²) < 4.78 is 36.7. The molecule has 0 saturated heterocycles. The highest BCUT2D eigenvalue weighted by Gasteiger charge is 2.28. The summed E-state index contributed by atoms with van der Waals surface area (Å²) in [6.07, 6.45) is 3.43. The van der Waals surface area contributed by atoms with E-state index in [1.165, 1.54) is 12.1 Å². The molecule has 0 bridgehead atoms. The third-order valence-corrected chi connectivity index (χ3v) is 5.51. The van der Waals surface area contributed by atoms with Gasteiger partial charge in [-0.15, -0.1) is 0 Å². The molecule has 7 heteroatoms. The van der Waals surface area contributed by atoms with Gasteiger partial charge in [0.2, 0.25) is 26.6 Å². The lowest BCUT2D eigenvalue weighted by molar-refractivity contribution is 0.415. The van der Waals surface area contributed by atoms with E-state index in [1.807, 2.05) is 24.3 Å². The maximum atomic E-state index is 12.9. The zero-order valence-corrected chi connectivity index (χ0v) is 16.1. The van der Waals surface area contributed by atoms with Crippen molar-refractivity contribution in [2.75, 3.05) is 26.1 Å². The number of methoxy groups -OCH3 is 1. The average Bonchev–Trinajstić information content (AvgIpc) is 3.13. The smallest absolute Gasteiger partial charge is 0.235 e. The first kappa shape index (κ1) is 18.7. The normalized spacial score (nSPS) is 11.7. The molecule has 0 aliphatic heterocycles. The second kappa shape index (κ2) is 7.67. The maximum Gasteiger partial charge on any atom is 0.235 e. The van der Waals surface area contributed by atoms with E-state index in [1.54, 1.807) is 56.5 Å². The Balaban J connectivity index is 1.97. The summed E-state index contributed by atoms with van der Waals surface area (Å²) in [5.74, 6) is 1.16. The summed E-state index contributed by atoms with van der Waals surface area (Å²) in [5.41, 5.74) is 0.910. The van der Waals surface area contributed by atoms with Crippen molar-refractivity contribution in [2.45, 2.75) is 9.92 Å². The van der Waals surface area contributed by atoms with E-state index in [9.17, 15) is 8.42 Å². The first-order chi connectivity index (χ1) is 12.9. The maximum absolute atomic E-state index is 12.9. The second-order valence-electron chi connectivity index (χ2n) is 5.98. The molecule has 3 rings (SSSR count). The Morgan fingerprint density at radius 1 is 1.00 bits per heavy atom. The highest BCUT2D eigenvalue weighted by atomic mass is 32.2. The lowest BCUT2D eigenvalue weighted by Gasteiger charge is -2.09. The van der Waals surface area contributed by atoms with Crippen LogP contribution in [0.2, 0.25) is 0 Å². The van der Waals surface area contributed by atoms with Gasteiger partial charge in [0.25, 0.3) is 0 Å². The Morgan fingerprint density at radius 3 is 2.26 bits per heavy atom. The van der Waals surface area contributed by atoms with Crippen molar-refractivity contribution in [1.82, 2.24) is 4.98 Å². The standard InChI is InChI=1S/C20H20N2O4S/c1-22(2)20-19(27(23,24)17-7-5-4-6-8-17)21-18(26-20)14-11-15-9-12-16(25-3)13-10-15/h4-14H,1-3H3. The van der Waals surface area contributed by atoms with Crippen LogP contribution in [0.1, 0.15) is 11.5 Å². The molecule has 2 aromatic carbocycles. The third kappa shape index (κ3) is 4.03. The fraction of sp³-hybridized carbons (Fsp3) is 0.150. The van der Waals surface area contributed by atoms with Crippen LogP contribution >= 0.6 is 0 Å². The highest BCUT2D eigenvalue weighted by molar-refractivity contribution is 7.91. The molecule has 0 radical (unpaired) electrons. The second-order valence-corrected chi connectivity index (χ2v) is 7.84. The molecule has 0 atom stereocenters. The van der Waals surface area contributed by atoms with E-state index in [-0.39, 0.29) is 21.7 Å². The first-order valence-electron chi connectivity index (χ1n) is 8.22. The van der Waals surface area contributed by atoms with Gasteiger partial charge in [-0.25, -0.2) is 8.42 Å². The summed E-state index contributed by atoms with van der Waals surface area (Å²) in [6, 6.07) is 15.6. The van der Waals surface area contributed by atoms with Crippen molar-refractivity contribution in [3.63, 3.8) is 0 Å². The number of nitrogens with zero attached hydrogens (tertiary/aromatic N) is 2. The van der Waals surface area contributed by atoms with Crippen LogP contribution < -0.4 is 9.64 Å². The Labute approximate surface area is 158 Å². The molecule has 3 aromatic rings. The van der Waals surface area contributed by atoms with Gasteiger partial charge in [-0.3, -0.25) is 0 Å².